The minimum Gasteiger partial charge on any atom is -0.342 e. The highest BCUT2D eigenvalue weighted by atomic mass is 32.2. The van der Waals surface area contributed by atoms with E-state index in [9.17, 15) is 8.42 Å². The molecule has 92 valence electrons. The van der Waals surface area contributed by atoms with Gasteiger partial charge >= 0.3 is 0 Å². The molecule has 3 N–H and O–H groups in total. The van der Waals surface area contributed by atoms with Crippen LogP contribution >= 0.6 is 0 Å². The highest BCUT2D eigenvalue weighted by Crippen LogP contribution is 2.23. The fourth-order valence-electron chi connectivity index (χ4n) is 1.67. The van der Waals surface area contributed by atoms with Gasteiger partial charge in [0.05, 0.1) is 10.4 Å². The largest absolute Gasteiger partial charge is 0.342 e. The van der Waals surface area contributed by atoms with Crippen molar-refractivity contribution in [3.05, 3.63) is 24.0 Å². The van der Waals surface area contributed by atoms with E-state index in [1.54, 1.807) is 12.1 Å². The molecule has 5 nitrogen and oxygen atoms in total. The molecule has 0 aliphatic carbocycles. The Morgan fingerprint density at radius 3 is 2.76 bits per heavy atom. The van der Waals surface area contributed by atoms with Gasteiger partial charge in [-0.15, -0.1) is 0 Å². The van der Waals surface area contributed by atoms with Crippen molar-refractivity contribution in [3.8, 4) is 0 Å². The van der Waals surface area contributed by atoms with Gasteiger partial charge in [-0.25, -0.2) is 13.4 Å². The van der Waals surface area contributed by atoms with Crippen LogP contribution in [0.15, 0.2) is 23.1 Å². The molecule has 0 saturated carbocycles. The number of rotatable bonds is 3. The van der Waals surface area contributed by atoms with E-state index in [-0.39, 0.29) is 10.8 Å². The molecule has 0 aliphatic heterocycles. The molecule has 1 aromatic heterocycles. The average molecular weight is 253 g/mol. The summed E-state index contributed by atoms with van der Waals surface area (Å²) in [6.07, 6.45) is 1.18. The van der Waals surface area contributed by atoms with Crippen molar-refractivity contribution in [2.24, 2.45) is 5.73 Å². The van der Waals surface area contributed by atoms with Gasteiger partial charge in [0.25, 0.3) is 0 Å². The van der Waals surface area contributed by atoms with Crippen LogP contribution in [0, 0.1) is 0 Å². The Bertz CT molecular complexity index is 646. The summed E-state index contributed by atoms with van der Waals surface area (Å²) in [4.78, 5) is 7.69. The predicted octanol–water partition coefficient (Wildman–Crippen LogP) is 1.03. The van der Waals surface area contributed by atoms with Gasteiger partial charge in [-0.05, 0) is 12.1 Å². The van der Waals surface area contributed by atoms with Crippen LogP contribution in [0.4, 0.5) is 0 Å². The molecule has 1 atom stereocenters. The molecular weight excluding hydrogens is 238 g/mol. The van der Waals surface area contributed by atoms with Crippen molar-refractivity contribution in [2.75, 3.05) is 12.8 Å². The van der Waals surface area contributed by atoms with E-state index < -0.39 is 9.84 Å². The molecule has 1 aromatic carbocycles. The number of benzene rings is 1. The Hall–Kier alpha value is -1.40. The molecule has 0 aliphatic rings. The summed E-state index contributed by atoms with van der Waals surface area (Å²) < 4.78 is 23.2. The molecule has 2 rings (SSSR count). The van der Waals surface area contributed by atoms with Crippen molar-refractivity contribution in [3.63, 3.8) is 0 Å². The zero-order chi connectivity index (χ0) is 12.6. The van der Waals surface area contributed by atoms with E-state index >= 15 is 0 Å². The second-order valence-corrected chi connectivity index (χ2v) is 6.17. The van der Waals surface area contributed by atoms with E-state index in [2.05, 4.69) is 9.97 Å². The highest BCUT2D eigenvalue weighted by Gasteiger charge is 2.16. The van der Waals surface area contributed by atoms with Crippen LogP contribution in [-0.4, -0.2) is 31.2 Å². The van der Waals surface area contributed by atoms with Crippen LogP contribution in [0.5, 0.6) is 0 Å². The quantitative estimate of drug-likeness (QED) is 0.855. The molecule has 0 spiro atoms. The molecule has 0 bridgehead atoms. The van der Waals surface area contributed by atoms with Crippen molar-refractivity contribution < 1.29 is 8.42 Å². The predicted molar refractivity (Wildman–Crippen MR) is 66.7 cm³/mol. The number of para-hydroxylation sites is 1. The number of hydrogen-bond acceptors (Lipinski definition) is 4. The van der Waals surface area contributed by atoms with Gasteiger partial charge in [0.15, 0.2) is 9.84 Å². The lowest BCUT2D eigenvalue weighted by Crippen LogP contribution is -2.10. The molecule has 2 aromatic rings. The first-order valence-electron chi connectivity index (χ1n) is 5.32. The number of aromatic amines is 1. The lowest BCUT2D eigenvalue weighted by molar-refractivity contribution is 0.602. The number of hydrogen-bond donors (Lipinski definition) is 2. The number of fused-ring (bicyclic) bond motifs is 1. The fraction of sp³-hybridized carbons (Fsp3) is 0.364. The van der Waals surface area contributed by atoms with Crippen LogP contribution in [0.1, 0.15) is 18.7 Å². The summed E-state index contributed by atoms with van der Waals surface area (Å²) >= 11 is 0. The van der Waals surface area contributed by atoms with Gasteiger partial charge in [-0.2, -0.15) is 0 Å². The Morgan fingerprint density at radius 2 is 2.18 bits per heavy atom. The number of nitrogens with one attached hydrogen (secondary N) is 1. The van der Waals surface area contributed by atoms with Crippen molar-refractivity contribution in [2.45, 2.75) is 17.7 Å². The van der Waals surface area contributed by atoms with Crippen LogP contribution in [0.2, 0.25) is 0 Å². The summed E-state index contributed by atoms with van der Waals surface area (Å²) in [6.45, 7) is 2.41. The molecule has 17 heavy (non-hydrogen) atoms. The second-order valence-electron chi connectivity index (χ2n) is 4.18. The zero-order valence-corrected chi connectivity index (χ0v) is 10.6. The Balaban J connectivity index is 2.69. The van der Waals surface area contributed by atoms with Gasteiger partial charge in [0.1, 0.15) is 11.3 Å². The molecule has 0 radical (unpaired) electrons. The minimum atomic E-state index is -3.26. The third-order valence-electron chi connectivity index (χ3n) is 2.71. The molecule has 0 amide bonds. The van der Waals surface area contributed by atoms with E-state index in [0.717, 1.165) is 11.3 Å². The summed E-state index contributed by atoms with van der Waals surface area (Å²) in [5, 5.41) is 0. The number of sulfone groups is 1. The Morgan fingerprint density at radius 1 is 1.47 bits per heavy atom. The van der Waals surface area contributed by atoms with Crippen LogP contribution in [0.25, 0.3) is 11.0 Å². The first kappa shape index (κ1) is 12.1. The monoisotopic (exact) mass is 253 g/mol. The third-order valence-corrected chi connectivity index (χ3v) is 3.84. The smallest absolute Gasteiger partial charge is 0.177 e. The summed E-state index contributed by atoms with van der Waals surface area (Å²) in [6, 6.07) is 5.08. The van der Waals surface area contributed by atoms with E-state index in [1.807, 2.05) is 13.0 Å². The van der Waals surface area contributed by atoms with Crippen molar-refractivity contribution in [1.82, 2.24) is 9.97 Å². The average Bonchev–Trinajstić information content (AvgIpc) is 2.69. The van der Waals surface area contributed by atoms with Gasteiger partial charge in [-0.1, -0.05) is 13.0 Å². The first-order valence-corrected chi connectivity index (χ1v) is 7.21. The van der Waals surface area contributed by atoms with Crippen LogP contribution < -0.4 is 5.73 Å². The maximum absolute atomic E-state index is 11.6. The van der Waals surface area contributed by atoms with Crippen molar-refractivity contribution >= 4 is 20.9 Å². The topological polar surface area (TPSA) is 88.8 Å². The fourth-order valence-corrected chi connectivity index (χ4v) is 2.50. The minimum absolute atomic E-state index is 0.0785. The molecule has 0 fully saturated rings. The molecule has 6 heteroatoms. The summed E-state index contributed by atoms with van der Waals surface area (Å²) in [5.74, 6) is 0.799. The van der Waals surface area contributed by atoms with E-state index in [0.29, 0.717) is 12.1 Å². The molecular formula is C11H15N3O2S. The maximum atomic E-state index is 11.6. The van der Waals surface area contributed by atoms with Gasteiger partial charge in [0, 0.05) is 18.7 Å². The van der Waals surface area contributed by atoms with Crippen molar-refractivity contribution in [1.29, 1.82) is 0 Å². The zero-order valence-electron chi connectivity index (χ0n) is 9.77. The Kier molecular flexibility index (Phi) is 2.92. The Labute approximate surface area is 100.0 Å². The molecule has 1 unspecified atom stereocenters. The second kappa shape index (κ2) is 4.12. The lowest BCUT2D eigenvalue weighted by Gasteiger charge is -2.02. The number of H-pyrrole nitrogens is 1. The van der Waals surface area contributed by atoms with E-state index in [4.69, 9.17) is 5.73 Å². The van der Waals surface area contributed by atoms with Crippen LogP contribution in [-0.2, 0) is 9.84 Å². The van der Waals surface area contributed by atoms with Gasteiger partial charge in [-0.3, -0.25) is 0 Å². The van der Waals surface area contributed by atoms with E-state index in [1.165, 1.54) is 6.26 Å². The van der Waals surface area contributed by atoms with Gasteiger partial charge in [0.2, 0.25) is 0 Å². The third kappa shape index (κ3) is 2.18. The summed E-state index contributed by atoms with van der Waals surface area (Å²) in [5.41, 5.74) is 6.79. The number of nitrogens with two attached hydrogens (primary N) is 1. The maximum Gasteiger partial charge on any atom is 0.177 e. The number of aromatic nitrogens is 2. The standard InChI is InChI=1S/C11H15N3O2S/c1-7(6-12)11-13-8-4-3-5-9(10(8)14-11)17(2,15)16/h3-5,7H,6,12H2,1-2H3,(H,13,14). The molecule has 1 heterocycles. The molecule has 0 saturated heterocycles. The number of imidazole rings is 1. The van der Waals surface area contributed by atoms with Gasteiger partial charge < -0.3 is 10.7 Å². The normalized spacial score (nSPS) is 14.1. The number of nitrogens with zero attached hydrogens (tertiary/aromatic N) is 1. The van der Waals surface area contributed by atoms with Crippen LogP contribution in [0.3, 0.4) is 0 Å². The summed E-state index contributed by atoms with van der Waals surface area (Å²) in [7, 11) is -3.26. The lowest BCUT2D eigenvalue weighted by atomic mass is 10.2. The highest BCUT2D eigenvalue weighted by molar-refractivity contribution is 7.91. The first-order chi connectivity index (χ1) is 7.93. The SMILES string of the molecule is CC(CN)c1nc2c(S(C)(=O)=O)cccc2[nH]1.